The molecule has 26 heavy (non-hydrogen) atoms. The van der Waals surface area contributed by atoms with Gasteiger partial charge in [-0.15, -0.1) is 0 Å². The molecule has 5 nitrogen and oxygen atoms in total. The predicted octanol–water partition coefficient (Wildman–Crippen LogP) is 3.99. The van der Waals surface area contributed by atoms with Gasteiger partial charge < -0.3 is 19.5 Å². The molecule has 1 amide bonds. The van der Waals surface area contributed by atoms with Crippen LogP contribution >= 0.6 is 0 Å². The SMILES string of the molecule is CCCCOc1ccc(C(=O)NCC(OC)c2cccc(OC)c2)cc1. The van der Waals surface area contributed by atoms with Gasteiger partial charge in [-0.25, -0.2) is 0 Å². The summed E-state index contributed by atoms with van der Waals surface area (Å²) >= 11 is 0. The van der Waals surface area contributed by atoms with Gasteiger partial charge in [0.2, 0.25) is 0 Å². The molecule has 2 aromatic rings. The van der Waals surface area contributed by atoms with Gasteiger partial charge in [-0.05, 0) is 48.4 Å². The number of hydrogen-bond acceptors (Lipinski definition) is 4. The predicted molar refractivity (Wildman–Crippen MR) is 102 cm³/mol. The van der Waals surface area contributed by atoms with Crippen molar-refractivity contribution in [2.75, 3.05) is 27.4 Å². The molecule has 0 radical (unpaired) electrons. The Bertz CT molecular complexity index is 685. The van der Waals surface area contributed by atoms with E-state index in [2.05, 4.69) is 12.2 Å². The van der Waals surface area contributed by atoms with Crippen LogP contribution in [0.4, 0.5) is 0 Å². The summed E-state index contributed by atoms with van der Waals surface area (Å²) in [5.74, 6) is 1.39. The monoisotopic (exact) mass is 357 g/mol. The zero-order chi connectivity index (χ0) is 18.8. The van der Waals surface area contributed by atoms with Crippen molar-refractivity contribution in [1.29, 1.82) is 0 Å². The van der Waals surface area contributed by atoms with Gasteiger partial charge in [-0.3, -0.25) is 4.79 Å². The molecule has 140 valence electrons. The highest BCUT2D eigenvalue weighted by atomic mass is 16.5. The fourth-order valence-corrected chi connectivity index (χ4v) is 2.50. The summed E-state index contributed by atoms with van der Waals surface area (Å²) in [5, 5.41) is 2.91. The lowest BCUT2D eigenvalue weighted by atomic mass is 10.1. The van der Waals surface area contributed by atoms with Crippen molar-refractivity contribution in [2.45, 2.75) is 25.9 Å². The molecule has 0 fully saturated rings. The van der Waals surface area contributed by atoms with Crippen molar-refractivity contribution < 1.29 is 19.0 Å². The molecular weight excluding hydrogens is 330 g/mol. The average Bonchev–Trinajstić information content (AvgIpc) is 2.69. The van der Waals surface area contributed by atoms with Crippen LogP contribution in [0.5, 0.6) is 11.5 Å². The minimum absolute atomic E-state index is 0.143. The van der Waals surface area contributed by atoms with Gasteiger partial charge in [0.25, 0.3) is 5.91 Å². The van der Waals surface area contributed by atoms with Crippen molar-refractivity contribution in [3.8, 4) is 11.5 Å². The topological polar surface area (TPSA) is 56.8 Å². The van der Waals surface area contributed by atoms with Crippen LogP contribution in [-0.2, 0) is 4.74 Å². The summed E-state index contributed by atoms with van der Waals surface area (Å²) < 4.78 is 16.4. The lowest BCUT2D eigenvalue weighted by Crippen LogP contribution is -2.29. The van der Waals surface area contributed by atoms with Crippen molar-refractivity contribution >= 4 is 5.91 Å². The maximum atomic E-state index is 12.4. The van der Waals surface area contributed by atoms with E-state index < -0.39 is 0 Å². The van der Waals surface area contributed by atoms with Crippen molar-refractivity contribution in [2.24, 2.45) is 0 Å². The quantitative estimate of drug-likeness (QED) is 0.653. The largest absolute Gasteiger partial charge is 0.497 e. The van der Waals surface area contributed by atoms with E-state index in [-0.39, 0.29) is 12.0 Å². The minimum atomic E-state index is -0.245. The molecule has 0 heterocycles. The standard InChI is InChI=1S/C21H27NO4/c1-4-5-13-26-18-11-9-16(10-12-18)21(23)22-15-20(25-3)17-7-6-8-19(14-17)24-2/h6-12,14,20H,4-5,13,15H2,1-3H3,(H,22,23). The normalized spacial score (nSPS) is 11.7. The summed E-state index contributed by atoms with van der Waals surface area (Å²) in [5.41, 5.74) is 1.54. The molecule has 0 saturated carbocycles. The molecule has 1 unspecified atom stereocenters. The number of hydrogen-bond donors (Lipinski definition) is 1. The summed E-state index contributed by atoms with van der Waals surface area (Å²) in [6.07, 6.45) is 1.87. The van der Waals surface area contributed by atoms with Crippen LogP contribution in [0.3, 0.4) is 0 Å². The molecule has 0 bridgehead atoms. The molecule has 0 aromatic heterocycles. The maximum absolute atomic E-state index is 12.4. The first-order chi connectivity index (χ1) is 12.7. The molecule has 1 atom stereocenters. The second kappa shape index (κ2) is 10.5. The molecular formula is C21H27NO4. The third kappa shape index (κ3) is 5.77. The highest BCUT2D eigenvalue weighted by Crippen LogP contribution is 2.21. The second-order valence-electron chi connectivity index (χ2n) is 5.94. The van der Waals surface area contributed by atoms with E-state index in [1.165, 1.54) is 0 Å². The zero-order valence-electron chi connectivity index (χ0n) is 15.7. The summed E-state index contributed by atoms with van der Waals surface area (Å²) in [7, 11) is 3.25. The first-order valence-electron chi connectivity index (χ1n) is 8.85. The van der Waals surface area contributed by atoms with Crippen LogP contribution in [0.1, 0.15) is 41.8 Å². The van der Waals surface area contributed by atoms with E-state index >= 15 is 0 Å². The Morgan fingerprint density at radius 3 is 2.50 bits per heavy atom. The number of unbranched alkanes of at least 4 members (excludes halogenated alkanes) is 1. The van der Waals surface area contributed by atoms with Crippen LogP contribution in [0.15, 0.2) is 48.5 Å². The Hall–Kier alpha value is -2.53. The molecule has 0 spiro atoms. The van der Waals surface area contributed by atoms with E-state index in [9.17, 15) is 4.79 Å². The third-order valence-electron chi connectivity index (χ3n) is 4.08. The van der Waals surface area contributed by atoms with Gasteiger partial charge in [0.15, 0.2) is 0 Å². The lowest BCUT2D eigenvalue weighted by molar-refractivity contribution is 0.0827. The fourth-order valence-electron chi connectivity index (χ4n) is 2.50. The molecule has 0 aliphatic carbocycles. The fraction of sp³-hybridized carbons (Fsp3) is 0.381. The van der Waals surface area contributed by atoms with Gasteiger partial charge in [0, 0.05) is 19.2 Å². The second-order valence-corrected chi connectivity index (χ2v) is 5.94. The van der Waals surface area contributed by atoms with Crippen LogP contribution < -0.4 is 14.8 Å². The Morgan fingerprint density at radius 2 is 1.85 bits per heavy atom. The number of ether oxygens (including phenoxy) is 3. The summed E-state index contributed by atoms with van der Waals surface area (Å²) in [6.45, 7) is 3.19. The Morgan fingerprint density at radius 1 is 1.08 bits per heavy atom. The molecule has 2 rings (SSSR count). The summed E-state index contributed by atoms with van der Waals surface area (Å²) in [4.78, 5) is 12.4. The van der Waals surface area contributed by atoms with E-state index in [1.54, 1.807) is 26.4 Å². The first kappa shape index (κ1) is 19.8. The third-order valence-corrected chi connectivity index (χ3v) is 4.08. The highest BCUT2D eigenvalue weighted by Gasteiger charge is 2.14. The van der Waals surface area contributed by atoms with Crippen LogP contribution in [-0.4, -0.2) is 33.3 Å². The van der Waals surface area contributed by atoms with Crippen molar-refractivity contribution in [1.82, 2.24) is 5.32 Å². The van der Waals surface area contributed by atoms with Crippen molar-refractivity contribution in [3.63, 3.8) is 0 Å². The number of amides is 1. The van der Waals surface area contributed by atoms with Crippen molar-refractivity contribution in [3.05, 3.63) is 59.7 Å². The molecule has 2 aromatic carbocycles. The number of carbonyl (C=O) groups excluding carboxylic acids is 1. The molecule has 1 N–H and O–H groups in total. The number of benzene rings is 2. The zero-order valence-corrected chi connectivity index (χ0v) is 15.7. The van der Waals surface area contributed by atoms with Crippen LogP contribution in [0.2, 0.25) is 0 Å². The molecule has 0 aliphatic rings. The number of methoxy groups -OCH3 is 2. The highest BCUT2D eigenvalue weighted by molar-refractivity contribution is 5.94. The maximum Gasteiger partial charge on any atom is 0.251 e. The molecule has 5 heteroatoms. The van der Waals surface area contributed by atoms with Gasteiger partial charge in [-0.1, -0.05) is 25.5 Å². The number of rotatable bonds is 10. The van der Waals surface area contributed by atoms with E-state index in [1.807, 2.05) is 36.4 Å². The first-order valence-corrected chi connectivity index (χ1v) is 8.85. The van der Waals surface area contributed by atoms with Crippen LogP contribution in [0, 0.1) is 0 Å². The smallest absolute Gasteiger partial charge is 0.251 e. The molecule has 0 aliphatic heterocycles. The van der Waals surface area contributed by atoms with Gasteiger partial charge in [0.1, 0.15) is 11.5 Å². The Labute approximate surface area is 155 Å². The number of nitrogens with one attached hydrogen (secondary N) is 1. The Kier molecular flexibility index (Phi) is 7.96. The summed E-state index contributed by atoms with van der Waals surface area (Å²) in [6, 6.07) is 14.8. The Balaban J connectivity index is 1.91. The van der Waals surface area contributed by atoms with Crippen LogP contribution in [0.25, 0.3) is 0 Å². The van der Waals surface area contributed by atoms with Gasteiger partial charge in [0.05, 0.1) is 19.8 Å². The lowest BCUT2D eigenvalue weighted by Gasteiger charge is -2.17. The van der Waals surface area contributed by atoms with Gasteiger partial charge in [-0.2, -0.15) is 0 Å². The van der Waals surface area contributed by atoms with E-state index in [0.717, 1.165) is 29.9 Å². The number of carbonyl (C=O) groups is 1. The average molecular weight is 357 g/mol. The van der Waals surface area contributed by atoms with E-state index in [4.69, 9.17) is 14.2 Å². The van der Waals surface area contributed by atoms with Gasteiger partial charge >= 0.3 is 0 Å². The molecule has 0 saturated heterocycles. The van der Waals surface area contributed by atoms with E-state index in [0.29, 0.717) is 18.7 Å². The minimum Gasteiger partial charge on any atom is -0.497 e.